The van der Waals surface area contributed by atoms with Crippen LogP contribution >= 0.6 is 0 Å². The number of imidazole rings is 1. The molecule has 0 bridgehead atoms. The molecule has 0 aliphatic heterocycles. The number of aliphatic hydroxyl groups excluding tert-OH is 2. The summed E-state index contributed by atoms with van der Waals surface area (Å²) in [5.41, 5.74) is -0.647. The molecular weight excluding hydrogens is 182 g/mol. The molecule has 0 amide bonds. The van der Waals surface area contributed by atoms with Gasteiger partial charge in [-0.05, 0) is 6.92 Å². The summed E-state index contributed by atoms with van der Waals surface area (Å²) in [7, 11) is 1.90. The highest BCUT2D eigenvalue weighted by molar-refractivity contribution is 4.93. The Hall–Kier alpha value is -0.910. The zero-order valence-electron chi connectivity index (χ0n) is 8.56. The van der Waals surface area contributed by atoms with E-state index in [1.807, 2.05) is 17.8 Å². The summed E-state index contributed by atoms with van der Waals surface area (Å²) in [6.07, 6.45) is 3.57. The standard InChI is InChI=1S/C9H17N3O2/c1-9(6-13,7-14)11-5-8-10-3-4-12(8)2/h3-4,11,13-14H,5-7H2,1-2H3. The summed E-state index contributed by atoms with van der Waals surface area (Å²) in [6.45, 7) is 2.08. The second kappa shape index (κ2) is 4.54. The Morgan fingerprint density at radius 1 is 1.50 bits per heavy atom. The van der Waals surface area contributed by atoms with Crippen LogP contribution in [0.3, 0.4) is 0 Å². The van der Waals surface area contributed by atoms with Gasteiger partial charge in [-0.25, -0.2) is 4.98 Å². The van der Waals surface area contributed by atoms with Crippen molar-refractivity contribution < 1.29 is 10.2 Å². The first-order valence-electron chi connectivity index (χ1n) is 4.54. The van der Waals surface area contributed by atoms with Crippen LogP contribution in [0.4, 0.5) is 0 Å². The third-order valence-electron chi connectivity index (χ3n) is 2.29. The number of aryl methyl sites for hydroxylation is 1. The van der Waals surface area contributed by atoms with E-state index in [2.05, 4.69) is 10.3 Å². The Bertz CT molecular complexity index is 281. The van der Waals surface area contributed by atoms with Gasteiger partial charge in [-0.1, -0.05) is 0 Å². The van der Waals surface area contributed by atoms with Gasteiger partial charge in [0.15, 0.2) is 0 Å². The molecule has 0 fully saturated rings. The number of hydrogen-bond donors (Lipinski definition) is 3. The largest absolute Gasteiger partial charge is 0.394 e. The minimum atomic E-state index is -0.647. The predicted molar refractivity (Wildman–Crippen MR) is 52.6 cm³/mol. The topological polar surface area (TPSA) is 70.3 Å². The van der Waals surface area contributed by atoms with Crippen LogP contribution < -0.4 is 5.32 Å². The molecule has 0 unspecified atom stereocenters. The van der Waals surface area contributed by atoms with E-state index in [-0.39, 0.29) is 13.2 Å². The maximum absolute atomic E-state index is 9.03. The molecule has 0 aliphatic carbocycles. The van der Waals surface area contributed by atoms with Crippen LogP contribution in [-0.2, 0) is 13.6 Å². The average molecular weight is 199 g/mol. The van der Waals surface area contributed by atoms with Gasteiger partial charge in [-0.2, -0.15) is 0 Å². The van der Waals surface area contributed by atoms with E-state index in [1.165, 1.54) is 0 Å². The van der Waals surface area contributed by atoms with Gasteiger partial charge >= 0.3 is 0 Å². The van der Waals surface area contributed by atoms with Crippen molar-refractivity contribution in [2.75, 3.05) is 13.2 Å². The van der Waals surface area contributed by atoms with Gasteiger partial charge in [0, 0.05) is 19.4 Å². The zero-order valence-corrected chi connectivity index (χ0v) is 8.56. The van der Waals surface area contributed by atoms with Gasteiger partial charge in [0.2, 0.25) is 0 Å². The number of hydrogen-bond acceptors (Lipinski definition) is 4. The second-order valence-corrected chi connectivity index (χ2v) is 3.68. The van der Waals surface area contributed by atoms with Crippen molar-refractivity contribution in [2.24, 2.45) is 7.05 Å². The highest BCUT2D eigenvalue weighted by Gasteiger charge is 2.21. The van der Waals surface area contributed by atoms with E-state index in [9.17, 15) is 0 Å². The first kappa shape index (κ1) is 11.2. The molecule has 0 saturated carbocycles. The third kappa shape index (κ3) is 2.54. The molecule has 5 heteroatoms. The van der Waals surface area contributed by atoms with Crippen molar-refractivity contribution in [2.45, 2.75) is 19.0 Å². The molecule has 0 atom stereocenters. The quantitative estimate of drug-likeness (QED) is 0.584. The van der Waals surface area contributed by atoms with Crippen molar-refractivity contribution in [3.05, 3.63) is 18.2 Å². The fourth-order valence-corrected chi connectivity index (χ4v) is 1.02. The molecule has 0 spiro atoms. The van der Waals surface area contributed by atoms with Crippen LogP contribution in [0, 0.1) is 0 Å². The minimum absolute atomic E-state index is 0.103. The lowest BCUT2D eigenvalue weighted by Gasteiger charge is -2.25. The van der Waals surface area contributed by atoms with Gasteiger partial charge in [0.1, 0.15) is 5.82 Å². The molecular formula is C9H17N3O2. The molecule has 0 saturated heterocycles. The summed E-state index contributed by atoms with van der Waals surface area (Å²) in [4.78, 5) is 4.12. The molecule has 1 aromatic rings. The summed E-state index contributed by atoms with van der Waals surface area (Å²) < 4.78 is 1.89. The lowest BCUT2D eigenvalue weighted by atomic mass is 10.1. The average Bonchev–Trinajstić information content (AvgIpc) is 2.61. The van der Waals surface area contributed by atoms with Gasteiger partial charge in [-0.3, -0.25) is 0 Å². The van der Waals surface area contributed by atoms with Crippen LogP contribution in [0.1, 0.15) is 12.7 Å². The van der Waals surface area contributed by atoms with Crippen molar-refractivity contribution in [3.63, 3.8) is 0 Å². The summed E-state index contributed by atoms with van der Waals surface area (Å²) in [5, 5.41) is 21.1. The number of aliphatic hydroxyl groups is 2. The highest BCUT2D eigenvalue weighted by Crippen LogP contribution is 2.03. The number of aromatic nitrogens is 2. The summed E-state index contributed by atoms with van der Waals surface area (Å²) in [6, 6.07) is 0. The fourth-order valence-electron chi connectivity index (χ4n) is 1.02. The van der Waals surface area contributed by atoms with Crippen LogP contribution in [0.2, 0.25) is 0 Å². The van der Waals surface area contributed by atoms with Crippen molar-refractivity contribution in [1.82, 2.24) is 14.9 Å². The SMILES string of the molecule is Cn1ccnc1CNC(C)(CO)CO. The number of nitrogens with one attached hydrogen (secondary N) is 1. The van der Waals surface area contributed by atoms with Crippen LogP contribution in [-0.4, -0.2) is 38.5 Å². The highest BCUT2D eigenvalue weighted by atomic mass is 16.3. The molecule has 0 radical (unpaired) electrons. The van der Waals surface area contributed by atoms with Crippen molar-refractivity contribution in [3.8, 4) is 0 Å². The third-order valence-corrected chi connectivity index (χ3v) is 2.29. The normalized spacial score (nSPS) is 12.0. The second-order valence-electron chi connectivity index (χ2n) is 3.68. The Kier molecular flexibility index (Phi) is 3.62. The monoisotopic (exact) mass is 199 g/mol. The molecule has 5 nitrogen and oxygen atoms in total. The first-order chi connectivity index (χ1) is 6.61. The van der Waals surface area contributed by atoms with Gasteiger partial charge in [0.25, 0.3) is 0 Å². The maximum atomic E-state index is 9.03. The Balaban J connectivity index is 2.52. The molecule has 3 N–H and O–H groups in total. The zero-order chi connectivity index (χ0) is 10.6. The lowest BCUT2D eigenvalue weighted by molar-refractivity contribution is 0.102. The molecule has 1 rings (SSSR count). The first-order valence-corrected chi connectivity index (χ1v) is 4.54. The molecule has 14 heavy (non-hydrogen) atoms. The predicted octanol–water partition coefficient (Wildman–Crippen LogP) is -0.747. The van der Waals surface area contributed by atoms with Crippen LogP contribution in [0.25, 0.3) is 0 Å². The molecule has 1 heterocycles. The van der Waals surface area contributed by atoms with Crippen LogP contribution in [0.15, 0.2) is 12.4 Å². The van der Waals surface area contributed by atoms with E-state index >= 15 is 0 Å². The Labute approximate surface area is 83.4 Å². The summed E-state index contributed by atoms with van der Waals surface area (Å²) >= 11 is 0. The Morgan fingerprint density at radius 3 is 2.57 bits per heavy atom. The number of nitrogens with zero attached hydrogens (tertiary/aromatic N) is 2. The van der Waals surface area contributed by atoms with E-state index < -0.39 is 5.54 Å². The van der Waals surface area contributed by atoms with E-state index in [4.69, 9.17) is 10.2 Å². The van der Waals surface area contributed by atoms with Crippen molar-refractivity contribution >= 4 is 0 Å². The van der Waals surface area contributed by atoms with E-state index in [1.54, 1.807) is 13.1 Å². The summed E-state index contributed by atoms with van der Waals surface area (Å²) in [5.74, 6) is 0.873. The van der Waals surface area contributed by atoms with E-state index in [0.717, 1.165) is 5.82 Å². The number of rotatable bonds is 5. The fraction of sp³-hybridized carbons (Fsp3) is 0.667. The Morgan fingerprint density at radius 2 is 2.14 bits per heavy atom. The minimum Gasteiger partial charge on any atom is -0.394 e. The smallest absolute Gasteiger partial charge is 0.122 e. The lowest BCUT2D eigenvalue weighted by Crippen LogP contribution is -2.48. The van der Waals surface area contributed by atoms with Crippen LogP contribution in [0.5, 0.6) is 0 Å². The van der Waals surface area contributed by atoms with Gasteiger partial charge < -0.3 is 20.1 Å². The molecule has 0 aliphatic rings. The van der Waals surface area contributed by atoms with Crippen molar-refractivity contribution in [1.29, 1.82) is 0 Å². The van der Waals surface area contributed by atoms with E-state index in [0.29, 0.717) is 6.54 Å². The molecule has 0 aromatic carbocycles. The van der Waals surface area contributed by atoms with Gasteiger partial charge in [0.05, 0.1) is 25.3 Å². The van der Waals surface area contributed by atoms with Gasteiger partial charge in [-0.15, -0.1) is 0 Å². The maximum Gasteiger partial charge on any atom is 0.122 e. The molecule has 80 valence electrons. The molecule has 1 aromatic heterocycles.